The number of nitrogens with zero attached hydrogens (tertiary/aromatic N) is 2. The number of nitrogens with one attached hydrogen (secondary N) is 1. The lowest BCUT2D eigenvalue weighted by molar-refractivity contribution is -0.121. The maximum absolute atomic E-state index is 12.2. The molecule has 1 atom stereocenters. The zero-order chi connectivity index (χ0) is 16.8. The highest BCUT2D eigenvalue weighted by Crippen LogP contribution is 2.21. The minimum atomic E-state index is -0.0972. The van der Waals surface area contributed by atoms with Gasteiger partial charge in [-0.15, -0.1) is 0 Å². The van der Waals surface area contributed by atoms with E-state index in [0.29, 0.717) is 13.1 Å². The molecule has 2 fully saturated rings. The molecule has 0 aliphatic carbocycles. The Morgan fingerprint density at radius 3 is 2.62 bits per heavy atom. The average molecular weight is 349 g/mol. The van der Waals surface area contributed by atoms with Gasteiger partial charge in [-0.3, -0.25) is 14.5 Å². The van der Waals surface area contributed by atoms with Crippen LogP contribution in [-0.4, -0.2) is 72.6 Å². The van der Waals surface area contributed by atoms with Crippen molar-refractivity contribution < 1.29 is 14.3 Å². The summed E-state index contributed by atoms with van der Waals surface area (Å²) in [5.41, 5.74) is 1.19. The predicted molar refractivity (Wildman–Crippen MR) is 94.0 cm³/mol. The van der Waals surface area contributed by atoms with Crippen molar-refractivity contribution in [3.05, 3.63) is 35.9 Å². The van der Waals surface area contributed by atoms with Gasteiger partial charge in [-0.2, -0.15) is 0 Å². The van der Waals surface area contributed by atoms with Gasteiger partial charge in [0.15, 0.2) is 0 Å². The molecule has 2 amide bonds. The fraction of sp³-hybridized carbons (Fsp3) is 0.529. The van der Waals surface area contributed by atoms with E-state index >= 15 is 0 Å². The molecule has 7 heteroatoms. The van der Waals surface area contributed by atoms with Crippen LogP contribution in [0.1, 0.15) is 11.6 Å². The standard InChI is InChI=1S/C17H23N3O3S/c21-16(13-20-8-11-24-17(20)22)18-12-15(14-4-2-1-3-5-14)19-6-9-23-10-7-19/h1-5,15H,6-13H2,(H,18,21)/t15-/m1/s1. The summed E-state index contributed by atoms with van der Waals surface area (Å²) >= 11 is 1.28. The maximum Gasteiger partial charge on any atom is 0.282 e. The molecule has 3 rings (SSSR count). The molecule has 2 heterocycles. The number of morpholine rings is 1. The van der Waals surface area contributed by atoms with Crippen LogP contribution in [0.15, 0.2) is 30.3 Å². The van der Waals surface area contributed by atoms with Gasteiger partial charge in [-0.05, 0) is 5.56 Å². The second-order valence-electron chi connectivity index (χ2n) is 5.91. The van der Waals surface area contributed by atoms with Gasteiger partial charge in [-0.25, -0.2) is 0 Å². The van der Waals surface area contributed by atoms with E-state index in [4.69, 9.17) is 4.74 Å². The van der Waals surface area contributed by atoms with E-state index in [-0.39, 0.29) is 23.7 Å². The Bertz CT molecular complexity index is 563. The van der Waals surface area contributed by atoms with E-state index < -0.39 is 0 Å². The number of ether oxygens (including phenoxy) is 1. The zero-order valence-corrected chi connectivity index (χ0v) is 14.5. The van der Waals surface area contributed by atoms with E-state index in [0.717, 1.165) is 32.1 Å². The molecule has 2 saturated heterocycles. The van der Waals surface area contributed by atoms with Crippen molar-refractivity contribution in [2.24, 2.45) is 0 Å². The predicted octanol–water partition coefficient (Wildman–Crippen LogP) is 1.34. The highest BCUT2D eigenvalue weighted by atomic mass is 32.2. The Balaban J connectivity index is 1.59. The van der Waals surface area contributed by atoms with Crippen molar-refractivity contribution in [3.8, 4) is 0 Å². The Morgan fingerprint density at radius 1 is 1.21 bits per heavy atom. The van der Waals surface area contributed by atoms with E-state index in [2.05, 4.69) is 22.3 Å². The minimum absolute atomic E-state index is 0.00191. The summed E-state index contributed by atoms with van der Waals surface area (Å²) in [7, 11) is 0. The van der Waals surface area contributed by atoms with Crippen LogP contribution in [-0.2, 0) is 9.53 Å². The third kappa shape index (κ3) is 4.49. The second kappa shape index (κ2) is 8.50. The number of hydrogen-bond acceptors (Lipinski definition) is 5. The summed E-state index contributed by atoms with van der Waals surface area (Å²) in [5, 5.41) is 3.00. The number of carbonyl (C=O) groups excluding carboxylic acids is 2. The Hall–Kier alpha value is -1.57. The summed E-state index contributed by atoms with van der Waals surface area (Å²) in [6, 6.07) is 10.3. The van der Waals surface area contributed by atoms with Crippen molar-refractivity contribution in [1.29, 1.82) is 0 Å². The second-order valence-corrected chi connectivity index (χ2v) is 6.96. The Morgan fingerprint density at radius 2 is 1.96 bits per heavy atom. The summed E-state index contributed by atoms with van der Waals surface area (Å²) in [4.78, 5) is 27.8. The third-order valence-electron chi connectivity index (χ3n) is 4.34. The number of hydrogen-bond donors (Lipinski definition) is 1. The topological polar surface area (TPSA) is 61.9 Å². The molecule has 0 unspecified atom stereocenters. The van der Waals surface area contributed by atoms with Gasteiger partial charge in [0.1, 0.15) is 6.54 Å². The van der Waals surface area contributed by atoms with Crippen LogP contribution in [0, 0.1) is 0 Å². The Labute approximate surface area is 146 Å². The first-order chi connectivity index (χ1) is 11.7. The van der Waals surface area contributed by atoms with Gasteiger partial charge < -0.3 is 15.0 Å². The summed E-state index contributed by atoms with van der Waals surface area (Å²) in [5.74, 6) is 0.673. The van der Waals surface area contributed by atoms with E-state index in [9.17, 15) is 9.59 Å². The molecule has 2 aliphatic heterocycles. The van der Waals surface area contributed by atoms with Crippen LogP contribution in [0.2, 0.25) is 0 Å². The summed E-state index contributed by atoms with van der Waals surface area (Å²) in [6.45, 7) is 4.50. The molecule has 2 aliphatic rings. The van der Waals surface area contributed by atoms with Crippen molar-refractivity contribution in [1.82, 2.24) is 15.1 Å². The highest BCUT2D eigenvalue weighted by molar-refractivity contribution is 8.13. The molecular weight excluding hydrogens is 326 g/mol. The molecule has 1 aromatic carbocycles. The first-order valence-electron chi connectivity index (χ1n) is 8.29. The SMILES string of the molecule is O=C(CN1CCSC1=O)NC[C@H](c1ccccc1)N1CCOCC1. The molecule has 0 radical (unpaired) electrons. The molecule has 130 valence electrons. The van der Waals surface area contributed by atoms with Crippen molar-refractivity contribution >= 4 is 22.9 Å². The van der Waals surface area contributed by atoms with Gasteiger partial charge in [0, 0.05) is 31.9 Å². The Kier molecular flexibility index (Phi) is 6.12. The van der Waals surface area contributed by atoms with Crippen LogP contribution >= 0.6 is 11.8 Å². The number of carbonyl (C=O) groups is 2. The quantitative estimate of drug-likeness (QED) is 0.840. The van der Waals surface area contributed by atoms with Gasteiger partial charge in [-0.1, -0.05) is 42.1 Å². The number of thioether (sulfide) groups is 1. The van der Waals surface area contributed by atoms with Crippen molar-refractivity contribution in [2.75, 3.05) is 51.7 Å². The van der Waals surface area contributed by atoms with Gasteiger partial charge >= 0.3 is 0 Å². The smallest absolute Gasteiger partial charge is 0.282 e. The van der Waals surface area contributed by atoms with Gasteiger partial charge in [0.25, 0.3) is 5.24 Å². The summed E-state index contributed by atoms with van der Waals surface area (Å²) < 4.78 is 5.44. The molecule has 0 spiro atoms. The third-order valence-corrected chi connectivity index (χ3v) is 5.23. The lowest BCUT2D eigenvalue weighted by atomic mass is 10.0. The van der Waals surface area contributed by atoms with Crippen molar-refractivity contribution in [2.45, 2.75) is 6.04 Å². The molecule has 1 aromatic rings. The average Bonchev–Trinajstić information content (AvgIpc) is 3.02. The fourth-order valence-corrected chi connectivity index (χ4v) is 3.86. The fourth-order valence-electron chi connectivity index (χ4n) is 3.03. The summed E-state index contributed by atoms with van der Waals surface area (Å²) in [6.07, 6.45) is 0. The minimum Gasteiger partial charge on any atom is -0.379 e. The van der Waals surface area contributed by atoms with Gasteiger partial charge in [0.2, 0.25) is 5.91 Å². The van der Waals surface area contributed by atoms with Crippen molar-refractivity contribution in [3.63, 3.8) is 0 Å². The first kappa shape index (κ1) is 17.3. The molecule has 0 saturated carbocycles. The largest absolute Gasteiger partial charge is 0.379 e. The van der Waals surface area contributed by atoms with E-state index in [1.54, 1.807) is 4.90 Å². The maximum atomic E-state index is 12.2. The highest BCUT2D eigenvalue weighted by Gasteiger charge is 2.25. The number of rotatable bonds is 6. The number of benzene rings is 1. The van der Waals surface area contributed by atoms with Crippen LogP contribution < -0.4 is 5.32 Å². The van der Waals surface area contributed by atoms with Crippen LogP contribution in [0.4, 0.5) is 4.79 Å². The molecule has 24 heavy (non-hydrogen) atoms. The van der Waals surface area contributed by atoms with E-state index in [1.165, 1.54) is 17.3 Å². The molecule has 0 aromatic heterocycles. The molecule has 1 N–H and O–H groups in total. The monoisotopic (exact) mass is 349 g/mol. The van der Waals surface area contributed by atoms with Crippen LogP contribution in [0.5, 0.6) is 0 Å². The van der Waals surface area contributed by atoms with Crippen LogP contribution in [0.25, 0.3) is 0 Å². The van der Waals surface area contributed by atoms with Gasteiger partial charge in [0.05, 0.1) is 19.3 Å². The lowest BCUT2D eigenvalue weighted by Gasteiger charge is -2.35. The lowest BCUT2D eigenvalue weighted by Crippen LogP contribution is -2.45. The molecular formula is C17H23N3O3S. The van der Waals surface area contributed by atoms with E-state index in [1.807, 2.05) is 18.2 Å². The molecule has 6 nitrogen and oxygen atoms in total. The zero-order valence-electron chi connectivity index (χ0n) is 13.6. The van der Waals surface area contributed by atoms with Crippen LogP contribution in [0.3, 0.4) is 0 Å². The normalized spacial score (nSPS) is 20.2. The number of amides is 2. The molecule has 0 bridgehead atoms. The first-order valence-corrected chi connectivity index (χ1v) is 9.28.